The number of aryl methyl sites for hydroxylation is 2. The zero-order chi connectivity index (χ0) is 65.0. The molecule has 0 heterocycles. The Morgan fingerprint density at radius 3 is 0.484 bits per heavy atom. The molecule has 0 radical (unpaired) electrons. The monoisotopic (exact) mass is 1340 g/mol. The van der Waals surface area contributed by atoms with Crippen LogP contribution in [0.15, 0.2) is 58.3 Å². The van der Waals surface area contributed by atoms with Crippen LogP contribution in [-0.4, -0.2) is 63.7 Å². The van der Waals surface area contributed by atoms with Crippen LogP contribution in [0.2, 0.25) is 0 Å². The fraction of sp³-hybridized carbons (Fsp3) is 0.854. The van der Waals surface area contributed by atoms with Crippen LogP contribution in [-0.2, 0) is 33.1 Å². The van der Waals surface area contributed by atoms with Gasteiger partial charge in [0.1, 0.15) is 20.2 Å². The quantitative estimate of drug-likeness (QED) is 0.0370. The van der Waals surface area contributed by atoms with Gasteiger partial charge in [-0.1, -0.05) is 449 Å². The Labute approximate surface area is 598 Å². The van der Waals surface area contributed by atoms with Gasteiger partial charge in [0.05, 0.1) is 9.79 Å². The molecule has 0 atom stereocenters. The van der Waals surface area contributed by atoms with Crippen molar-refractivity contribution in [3.63, 3.8) is 0 Å². The van der Waals surface area contributed by atoms with Gasteiger partial charge in [0.2, 0.25) is 0 Å². The Hall–Kier alpha value is -0.480. The Balaban J connectivity index is 0.00000176. The number of hydrogen-bond donors (Lipinski definition) is 0. The summed E-state index contributed by atoms with van der Waals surface area (Å²) >= 11 is 0. The molecule has 0 aliphatic carbocycles. The van der Waals surface area contributed by atoms with Crippen LogP contribution in [0.1, 0.15) is 449 Å². The molecule has 0 aromatic heterocycles. The molecule has 528 valence electrons. The van der Waals surface area contributed by atoms with Crippen LogP contribution >= 0.6 is 0 Å². The van der Waals surface area contributed by atoms with Gasteiger partial charge in [0.25, 0.3) is 0 Å². The Bertz CT molecular complexity index is 1850. The molecule has 0 bridgehead atoms. The molecular weight excluding hydrogens is 1190 g/mol. The van der Waals surface area contributed by atoms with E-state index in [-0.39, 0.29) is 47.5 Å². The van der Waals surface area contributed by atoms with Crippen molar-refractivity contribution in [1.29, 1.82) is 0 Å². The normalized spacial score (nSPS) is 11.7. The van der Waals surface area contributed by atoms with Crippen molar-refractivity contribution in [2.75, 3.05) is 0 Å². The maximum absolute atomic E-state index is 11.2. The molecule has 91 heavy (non-hydrogen) atoms. The van der Waals surface area contributed by atoms with Crippen LogP contribution < -0.4 is 0 Å². The summed E-state index contributed by atoms with van der Waals surface area (Å²) in [7, 11) is -8.69. The van der Waals surface area contributed by atoms with Crippen molar-refractivity contribution in [2.45, 2.75) is 460 Å². The van der Waals surface area contributed by atoms with Crippen molar-refractivity contribution in [3.05, 3.63) is 59.7 Å². The van der Waals surface area contributed by atoms with E-state index in [1.165, 1.54) is 435 Å². The van der Waals surface area contributed by atoms with Gasteiger partial charge in [-0.15, -0.1) is 0 Å². The van der Waals surface area contributed by atoms with Crippen molar-refractivity contribution in [2.24, 2.45) is 0 Å². The molecule has 0 fully saturated rings. The first kappa shape index (κ1) is 90.5. The summed E-state index contributed by atoms with van der Waals surface area (Å²) in [5.74, 6) is 0. The Morgan fingerprint density at radius 1 is 0.220 bits per heavy atom. The fourth-order valence-corrected chi connectivity index (χ4v) is 14.6. The van der Waals surface area contributed by atoms with Gasteiger partial charge >= 0.3 is 37.7 Å². The summed E-state index contributed by atoms with van der Waals surface area (Å²) in [5, 5.41) is 0. The van der Waals surface area contributed by atoms with E-state index in [1.807, 2.05) is 12.1 Å². The third-order valence-corrected chi connectivity index (χ3v) is 21.2. The van der Waals surface area contributed by atoms with Crippen molar-refractivity contribution >= 4 is 58.0 Å². The minimum Gasteiger partial charge on any atom is -0.744 e. The summed E-state index contributed by atoms with van der Waals surface area (Å²) in [5.41, 5.74) is 1.90. The molecule has 0 aliphatic rings. The molecule has 9 heteroatoms. The first-order chi connectivity index (χ1) is 44.1. The smallest absolute Gasteiger partial charge is 0.744 e. The van der Waals surface area contributed by atoms with Crippen LogP contribution in [0.25, 0.3) is 0 Å². The number of rotatable bonds is 70. The van der Waals surface area contributed by atoms with E-state index in [9.17, 15) is 25.9 Å². The molecular formula is C82H150CaO6S2. The second-order valence-corrected chi connectivity index (χ2v) is 31.1. The molecule has 0 saturated carbocycles. The fourth-order valence-electron chi connectivity index (χ4n) is 13.5. The summed E-state index contributed by atoms with van der Waals surface area (Å²) in [6.07, 6.45) is 95.0. The van der Waals surface area contributed by atoms with E-state index in [4.69, 9.17) is 0 Å². The molecule has 0 aliphatic heterocycles. The van der Waals surface area contributed by atoms with E-state index >= 15 is 0 Å². The number of unbranched alkanes of at least 4 members (excludes halogenated alkanes) is 64. The summed E-state index contributed by atoms with van der Waals surface area (Å²) in [4.78, 5) is -0.211. The van der Waals surface area contributed by atoms with Crippen LogP contribution in [0.3, 0.4) is 0 Å². The van der Waals surface area contributed by atoms with Gasteiger partial charge in [0, 0.05) is 0 Å². The SMILES string of the molecule is CCCCCCCCCCCCCCCCCCCCCCCCCCCCCCCCCCCc1cccc(S(=O)(=O)[O-])c1.CCCCCCCCCCCCCCCCCCCCCCCCCCCCCCCCCCCc1cccc(S(=O)(=O)[O-])c1.[Ca+2]. The van der Waals surface area contributed by atoms with Gasteiger partial charge in [-0.3, -0.25) is 0 Å². The minimum atomic E-state index is -4.35. The largest absolute Gasteiger partial charge is 2.00 e. The summed E-state index contributed by atoms with van der Waals surface area (Å²) < 4.78 is 66.9. The molecule has 0 spiro atoms. The van der Waals surface area contributed by atoms with E-state index in [2.05, 4.69) is 13.8 Å². The van der Waals surface area contributed by atoms with Crippen molar-refractivity contribution in [1.82, 2.24) is 0 Å². The average molecular weight is 1340 g/mol. The van der Waals surface area contributed by atoms with Crippen LogP contribution in [0.4, 0.5) is 0 Å². The number of hydrogen-bond acceptors (Lipinski definition) is 6. The Kier molecular flexibility index (Phi) is 70.5. The molecule has 0 amide bonds. The second-order valence-electron chi connectivity index (χ2n) is 28.3. The van der Waals surface area contributed by atoms with Gasteiger partial charge in [-0.25, -0.2) is 16.8 Å². The maximum atomic E-state index is 11.2. The van der Waals surface area contributed by atoms with E-state index < -0.39 is 20.2 Å². The van der Waals surface area contributed by atoms with E-state index in [1.54, 1.807) is 12.1 Å². The first-order valence-corrected chi connectivity index (χ1v) is 43.0. The molecule has 0 unspecified atom stereocenters. The van der Waals surface area contributed by atoms with Crippen molar-refractivity contribution < 1.29 is 25.9 Å². The van der Waals surface area contributed by atoms with Gasteiger partial charge in [0.15, 0.2) is 0 Å². The van der Waals surface area contributed by atoms with Gasteiger partial charge in [-0.05, 0) is 61.1 Å². The Morgan fingerprint density at radius 2 is 0.352 bits per heavy atom. The van der Waals surface area contributed by atoms with E-state index in [0.29, 0.717) is 0 Å². The molecule has 6 nitrogen and oxygen atoms in total. The molecule has 2 aromatic carbocycles. The molecule has 2 rings (SSSR count). The summed E-state index contributed by atoms with van der Waals surface area (Å²) in [6, 6.07) is 13.0. The zero-order valence-electron chi connectivity index (χ0n) is 60.7. The predicted octanol–water partition coefficient (Wildman–Crippen LogP) is 27.7. The third kappa shape index (κ3) is 66.5. The minimum absolute atomic E-state index is 0. The van der Waals surface area contributed by atoms with E-state index in [0.717, 1.165) is 36.8 Å². The maximum Gasteiger partial charge on any atom is 2.00 e. The summed E-state index contributed by atoms with van der Waals surface area (Å²) in [6.45, 7) is 4.60. The molecule has 2 aromatic rings. The topological polar surface area (TPSA) is 114 Å². The number of benzene rings is 2. The third-order valence-electron chi connectivity index (χ3n) is 19.5. The molecule has 0 saturated heterocycles. The van der Waals surface area contributed by atoms with Crippen LogP contribution in [0.5, 0.6) is 0 Å². The van der Waals surface area contributed by atoms with Crippen LogP contribution in [0, 0.1) is 0 Å². The standard InChI is InChI=1S/2C41H76O3S.Ca/c2*1-2-3-4-5-6-7-8-9-10-11-12-13-14-15-16-17-18-19-20-21-22-23-24-25-26-27-28-29-30-31-32-33-34-36-40-37-35-38-41(39-40)45(42,43)44;/h2*35,37-39H,2-34,36H2,1H3,(H,42,43,44);/q;;+2/p-2. The predicted molar refractivity (Wildman–Crippen MR) is 398 cm³/mol. The average Bonchev–Trinajstić information content (AvgIpc) is 1.96. The van der Waals surface area contributed by atoms with Crippen molar-refractivity contribution in [3.8, 4) is 0 Å². The second kappa shape index (κ2) is 70.8. The first-order valence-electron chi connectivity index (χ1n) is 40.2. The van der Waals surface area contributed by atoms with Gasteiger partial charge in [-0.2, -0.15) is 0 Å². The van der Waals surface area contributed by atoms with Gasteiger partial charge < -0.3 is 9.11 Å². The zero-order valence-corrected chi connectivity index (χ0v) is 64.5. The molecule has 0 N–H and O–H groups in total.